The number of sulfonamides is 1. The van der Waals surface area contributed by atoms with E-state index in [0.717, 1.165) is 0 Å². The van der Waals surface area contributed by atoms with Gasteiger partial charge in [0.05, 0.1) is 12.1 Å². The summed E-state index contributed by atoms with van der Waals surface area (Å²) in [7, 11) is 0.127. The van der Waals surface area contributed by atoms with Crippen molar-refractivity contribution in [1.29, 1.82) is 0 Å². The number of hydroxylamine groups is 1. The number of amides is 1. The lowest BCUT2D eigenvalue weighted by Crippen LogP contribution is -2.28. The summed E-state index contributed by atoms with van der Waals surface area (Å²) in [6, 6.07) is 13.1. The maximum absolute atomic E-state index is 12.6. The molecule has 0 spiro atoms. The molecule has 128 valence electrons. The quantitative estimate of drug-likeness (QED) is 0.761. The molecule has 2 aromatic carbocycles. The van der Waals surface area contributed by atoms with E-state index in [2.05, 4.69) is 0 Å². The van der Waals surface area contributed by atoms with Crippen LogP contribution in [-0.2, 0) is 14.9 Å². The normalized spacial score (nSPS) is 11.5. The molecule has 6 nitrogen and oxygen atoms in total. The highest BCUT2D eigenvalue weighted by Crippen LogP contribution is 2.26. The standard InChI is InChI=1S/C16H17ClN2O4S/c1-18(13-7-5-4-6-8-13)16(20)12-9-10-14(17)15(11-12)24(21,22)19(2)23-3/h4-11H,1-3H3. The minimum absolute atomic E-state index is 0.0119. The van der Waals surface area contributed by atoms with Crippen LogP contribution >= 0.6 is 11.6 Å². The largest absolute Gasteiger partial charge is 0.311 e. The van der Waals surface area contributed by atoms with Gasteiger partial charge in [0.1, 0.15) is 4.90 Å². The molecule has 0 aliphatic heterocycles. The van der Waals surface area contributed by atoms with Gasteiger partial charge in [-0.05, 0) is 30.3 Å². The van der Waals surface area contributed by atoms with Crippen LogP contribution in [-0.4, -0.2) is 40.0 Å². The molecule has 0 fully saturated rings. The minimum Gasteiger partial charge on any atom is -0.311 e. The van der Waals surface area contributed by atoms with Crippen molar-refractivity contribution in [2.75, 3.05) is 26.1 Å². The maximum atomic E-state index is 12.6. The van der Waals surface area contributed by atoms with Gasteiger partial charge in [-0.2, -0.15) is 0 Å². The lowest BCUT2D eigenvalue weighted by molar-refractivity contribution is -0.0258. The molecule has 2 aromatic rings. The Labute approximate surface area is 146 Å². The van der Waals surface area contributed by atoms with Crippen molar-refractivity contribution in [1.82, 2.24) is 4.47 Å². The van der Waals surface area contributed by atoms with E-state index in [1.165, 1.54) is 37.3 Å². The number of rotatable bonds is 5. The zero-order valence-corrected chi connectivity index (χ0v) is 15.0. The first-order valence-electron chi connectivity index (χ1n) is 6.94. The Kier molecular flexibility index (Phi) is 5.61. The third-order valence-electron chi connectivity index (χ3n) is 3.50. The topological polar surface area (TPSA) is 66.9 Å². The van der Waals surface area contributed by atoms with Gasteiger partial charge < -0.3 is 4.90 Å². The van der Waals surface area contributed by atoms with Crippen LogP contribution in [0.4, 0.5) is 5.69 Å². The van der Waals surface area contributed by atoms with E-state index in [1.807, 2.05) is 18.2 Å². The molecular formula is C16H17ClN2O4S. The maximum Gasteiger partial charge on any atom is 0.266 e. The third kappa shape index (κ3) is 3.59. The molecule has 1 amide bonds. The fraction of sp³-hybridized carbons (Fsp3) is 0.188. The van der Waals surface area contributed by atoms with Gasteiger partial charge in [-0.15, -0.1) is 0 Å². The van der Waals surface area contributed by atoms with E-state index >= 15 is 0 Å². The van der Waals surface area contributed by atoms with Crippen LogP contribution in [0.25, 0.3) is 0 Å². The van der Waals surface area contributed by atoms with Crippen molar-refractivity contribution < 1.29 is 18.0 Å². The molecule has 0 aliphatic rings. The number of benzene rings is 2. The highest BCUT2D eigenvalue weighted by atomic mass is 35.5. The van der Waals surface area contributed by atoms with Gasteiger partial charge >= 0.3 is 0 Å². The lowest BCUT2D eigenvalue weighted by Gasteiger charge is -2.19. The Morgan fingerprint density at radius 3 is 2.29 bits per heavy atom. The van der Waals surface area contributed by atoms with Crippen molar-refractivity contribution in [3.05, 3.63) is 59.1 Å². The summed E-state index contributed by atoms with van der Waals surface area (Å²) in [5.74, 6) is -0.352. The minimum atomic E-state index is -3.96. The first-order valence-corrected chi connectivity index (χ1v) is 8.76. The SMILES string of the molecule is CON(C)S(=O)(=O)c1cc(C(=O)N(C)c2ccccc2)ccc1Cl. The molecule has 0 unspecified atom stereocenters. The zero-order valence-electron chi connectivity index (χ0n) is 13.4. The number of anilines is 1. The van der Waals surface area contributed by atoms with Gasteiger partial charge in [-0.1, -0.05) is 34.3 Å². The van der Waals surface area contributed by atoms with Gasteiger partial charge in [0.2, 0.25) is 0 Å². The summed E-state index contributed by atoms with van der Waals surface area (Å²) >= 11 is 6.00. The summed E-state index contributed by atoms with van der Waals surface area (Å²) in [5, 5.41) is 0.0119. The molecule has 0 saturated carbocycles. The summed E-state index contributed by atoms with van der Waals surface area (Å²) < 4.78 is 25.5. The highest BCUT2D eigenvalue weighted by Gasteiger charge is 2.26. The molecule has 0 radical (unpaired) electrons. The summed E-state index contributed by atoms with van der Waals surface area (Å²) in [4.78, 5) is 18.6. The molecule has 0 aromatic heterocycles. The Hall–Kier alpha value is -1.93. The van der Waals surface area contributed by atoms with Gasteiger partial charge in [0.25, 0.3) is 15.9 Å². The molecule has 0 aliphatic carbocycles. The van der Waals surface area contributed by atoms with Crippen LogP contribution in [0.15, 0.2) is 53.4 Å². The molecule has 0 N–H and O–H groups in total. The average molecular weight is 369 g/mol. The number of nitrogens with zero attached hydrogens (tertiary/aromatic N) is 2. The molecular weight excluding hydrogens is 352 g/mol. The number of halogens is 1. The molecule has 2 rings (SSSR count). The van der Waals surface area contributed by atoms with Crippen molar-refractivity contribution in [2.45, 2.75) is 4.90 Å². The predicted octanol–water partition coefficient (Wildman–Crippen LogP) is 2.80. The Bertz CT molecular complexity index is 840. The predicted molar refractivity (Wildman–Crippen MR) is 92.6 cm³/mol. The van der Waals surface area contributed by atoms with E-state index in [4.69, 9.17) is 16.4 Å². The monoisotopic (exact) mass is 368 g/mol. The van der Waals surface area contributed by atoms with Gasteiger partial charge in [-0.3, -0.25) is 9.63 Å². The number of carbonyl (C=O) groups is 1. The molecule has 0 atom stereocenters. The Balaban J connectivity index is 2.43. The third-order valence-corrected chi connectivity index (χ3v) is 5.66. The molecule has 8 heteroatoms. The second kappa shape index (κ2) is 7.31. The lowest BCUT2D eigenvalue weighted by atomic mass is 10.2. The molecule has 0 heterocycles. The highest BCUT2D eigenvalue weighted by molar-refractivity contribution is 7.89. The zero-order chi connectivity index (χ0) is 17.9. The van der Waals surface area contributed by atoms with Crippen LogP contribution in [0, 0.1) is 0 Å². The van der Waals surface area contributed by atoms with Crippen LogP contribution in [0.3, 0.4) is 0 Å². The summed E-state index contributed by atoms with van der Waals surface area (Å²) in [6.07, 6.45) is 0. The number of para-hydroxylation sites is 1. The Morgan fingerprint density at radius 2 is 1.71 bits per heavy atom. The summed E-state index contributed by atoms with van der Waals surface area (Å²) in [6.45, 7) is 0. The average Bonchev–Trinajstić information content (AvgIpc) is 2.60. The smallest absolute Gasteiger partial charge is 0.266 e. The molecule has 0 bridgehead atoms. The van der Waals surface area contributed by atoms with Crippen molar-refractivity contribution in [3.63, 3.8) is 0 Å². The van der Waals surface area contributed by atoms with Gasteiger partial charge in [0, 0.05) is 25.3 Å². The van der Waals surface area contributed by atoms with Crippen molar-refractivity contribution in [3.8, 4) is 0 Å². The van der Waals surface area contributed by atoms with E-state index in [9.17, 15) is 13.2 Å². The first-order chi connectivity index (χ1) is 11.3. The van der Waals surface area contributed by atoms with E-state index in [-0.39, 0.29) is 21.4 Å². The molecule has 0 saturated heterocycles. The van der Waals surface area contributed by atoms with Gasteiger partial charge in [0.15, 0.2) is 0 Å². The van der Waals surface area contributed by atoms with E-state index in [1.54, 1.807) is 19.2 Å². The fourth-order valence-electron chi connectivity index (χ4n) is 2.03. The van der Waals surface area contributed by atoms with Crippen LogP contribution < -0.4 is 4.90 Å². The van der Waals surface area contributed by atoms with Crippen LogP contribution in [0.5, 0.6) is 0 Å². The summed E-state index contributed by atoms with van der Waals surface area (Å²) in [5.41, 5.74) is 0.893. The number of carbonyl (C=O) groups excluding carboxylic acids is 1. The molecule has 24 heavy (non-hydrogen) atoms. The van der Waals surface area contributed by atoms with E-state index in [0.29, 0.717) is 10.2 Å². The van der Waals surface area contributed by atoms with Crippen molar-refractivity contribution >= 4 is 33.2 Å². The van der Waals surface area contributed by atoms with Crippen molar-refractivity contribution in [2.24, 2.45) is 0 Å². The second-order valence-corrected chi connectivity index (χ2v) is 7.25. The first kappa shape index (κ1) is 18.4. The van der Waals surface area contributed by atoms with Gasteiger partial charge in [-0.25, -0.2) is 8.42 Å². The fourth-order valence-corrected chi connectivity index (χ4v) is 3.51. The Morgan fingerprint density at radius 1 is 1.08 bits per heavy atom. The van der Waals surface area contributed by atoms with Crippen LogP contribution in [0.2, 0.25) is 5.02 Å². The second-order valence-electron chi connectivity index (χ2n) is 4.94. The van der Waals surface area contributed by atoms with E-state index < -0.39 is 10.0 Å². The number of hydrogen-bond acceptors (Lipinski definition) is 4. The number of hydrogen-bond donors (Lipinski definition) is 0. The van der Waals surface area contributed by atoms with Crippen LogP contribution in [0.1, 0.15) is 10.4 Å².